The molecular weight excluding hydrogens is 188 g/mol. The van der Waals surface area contributed by atoms with Crippen LogP contribution in [0.1, 0.15) is 33.6 Å². The van der Waals surface area contributed by atoms with Crippen molar-refractivity contribution in [3.63, 3.8) is 0 Å². The monoisotopic (exact) mass is 212 g/mol. The maximum atomic E-state index is 11.9. The SMILES string of the molecule is CCNC(=O)C(C)(C)C1CCN(C)CC1. The number of rotatable bonds is 3. The third kappa shape index (κ3) is 2.94. The molecule has 1 rings (SSSR count). The van der Waals surface area contributed by atoms with Crippen LogP contribution in [0.2, 0.25) is 0 Å². The second-order valence-electron chi connectivity index (χ2n) is 5.16. The number of likely N-dealkylation sites (tertiary alicyclic amines) is 1. The Hall–Kier alpha value is -0.570. The molecule has 0 bridgehead atoms. The molecule has 0 aromatic carbocycles. The molecule has 0 atom stereocenters. The summed E-state index contributed by atoms with van der Waals surface area (Å²) in [6, 6.07) is 0. The molecule has 1 fully saturated rings. The van der Waals surface area contributed by atoms with Crippen LogP contribution < -0.4 is 5.32 Å². The van der Waals surface area contributed by atoms with Crippen molar-refractivity contribution in [3.05, 3.63) is 0 Å². The molecule has 1 heterocycles. The minimum atomic E-state index is -0.211. The number of hydrogen-bond acceptors (Lipinski definition) is 2. The Morgan fingerprint density at radius 1 is 1.40 bits per heavy atom. The second-order valence-corrected chi connectivity index (χ2v) is 5.16. The molecule has 3 heteroatoms. The number of carbonyl (C=O) groups excluding carboxylic acids is 1. The minimum absolute atomic E-state index is 0.208. The maximum Gasteiger partial charge on any atom is 0.225 e. The lowest BCUT2D eigenvalue weighted by Crippen LogP contribution is -2.45. The van der Waals surface area contributed by atoms with Crippen molar-refractivity contribution < 1.29 is 4.79 Å². The van der Waals surface area contributed by atoms with E-state index in [1.54, 1.807) is 0 Å². The van der Waals surface area contributed by atoms with E-state index in [-0.39, 0.29) is 11.3 Å². The summed E-state index contributed by atoms with van der Waals surface area (Å²) < 4.78 is 0. The van der Waals surface area contributed by atoms with Gasteiger partial charge in [0.1, 0.15) is 0 Å². The standard InChI is InChI=1S/C12H24N2O/c1-5-13-11(15)12(2,3)10-6-8-14(4)9-7-10/h10H,5-9H2,1-4H3,(H,13,15). The van der Waals surface area contributed by atoms with Crippen molar-refractivity contribution in [1.29, 1.82) is 0 Å². The summed E-state index contributed by atoms with van der Waals surface area (Å²) in [6.45, 7) is 9.10. The van der Waals surface area contributed by atoms with Gasteiger partial charge in [-0.1, -0.05) is 13.8 Å². The van der Waals surface area contributed by atoms with E-state index in [1.165, 1.54) is 0 Å². The summed E-state index contributed by atoms with van der Waals surface area (Å²) in [7, 11) is 2.15. The van der Waals surface area contributed by atoms with E-state index in [0.717, 1.165) is 32.5 Å². The van der Waals surface area contributed by atoms with E-state index in [2.05, 4.69) is 31.1 Å². The number of piperidine rings is 1. The first kappa shape index (κ1) is 12.5. The fraction of sp³-hybridized carbons (Fsp3) is 0.917. The van der Waals surface area contributed by atoms with Gasteiger partial charge >= 0.3 is 0 Å². The Labute approximate surface area is 93.2 Å². The van der Waals surface area contributed by atoms with Crippen LogP contribution in [0.4, 0.5) is 0 Å². The van der Waals surface area contributed by atoms with E-state index in [1.807, 2.05) is 6.92 Å². The number of amides is 1. The molecule has 0 spiro atoms. The molecular formula is C12H24N2O. The molecule has 0 aromatic rings. The lowest BCUT2D eigenvalue weighted by atomic mass is 9.73. The van der Waals surface area contributed by atoms with Crippen molar-refractivity contribution in [2.45, 2.75) is 33.6 Å². The van der Waals surface area contributed by atoms with Gasteiger partial charge in [-0.3, -0.25) is 4.79 Å². The number of nitrogens with one attached hydrogen (secondary N) is 1. The highest BCUT2D eigenvalue weighted by Crippen LogP contribution is 2.34. The van der Waals surface area contributed by atoms with Crippen LogP contribution in [0.15, 0.2) is 0 Å². The molecule has 1 amide bonds. The zero-order valence-electron chi connectivity index (χ0n) is 10.5. The molecule has 88 valence electrons. The van der Waals surface area contributed by atoms with Gasteiger partial charge in [-0.25, -0.2) is 0 Å². The zero-order chi connectivity index (χ0) is 11.5. The Bertz CT molecular complexity index is 218. The lowest BCUT2D eigenvalue weighted by molar-refractivity contribution is -0.133. The van der Waals surface area contributed by atoms with E-state index in [0.29, 0.717) is 5.92 Å². The van der Waals surface area contributed by atoms with Gasteiger partial charge in [0, 0.05) is 12.0 Å². The third-order valence-electron chi connectivity index (χ3n) is 3.66. The minimum Gasteiger partial charge on any atom is -0.356 e. The molecule has 1 aliphatic heterocycles. The van der Waals surface area contributed by atoms with Gasteiger partial charge in [-0.2, -0.15) is 0 Å². The number of nitrogens with zero attached hydrogens (tertiary/aromatic N) is 1. The van der Waals surface area contributed by atoms with Crippen LogP contribution >= 0.6 is 0 Å². The fourth-order valence-corrected chi connectivity index (χ4v) is 2.30. The predicted octanol–water partition coefficient (Wildman–Crippen LogP) is 1.49. The maximum absolute atomic E-state index is 11.9. The third-order valence-corrected chi connectivity index (χ3v) is 3.66. The van der Waals surface area contributed by atoms with Crippen LogP contribution in [0.3, 0.4) is 0 Å². The van der Waals surface area contributed by atoms with E-state index in [9.17, 15) is 4.79 Å². The van der Waals surface area contributed by atoms with Crippen molar-refractivity contribution in [1.82, 2.24) is 10.2 Å². The van der Waals surface area contributed by atoms with Crippen molar-refractivity contribution in [2.24, 2.45) is 11.3 Å². The smallest absolute Gasteiger partial charge is 0.225 e. The Morgan fingerprint density at radius 2 is 1.93 bits per heavy atom. The molecule has 0 radical (unpaired) electrons. The molecule has 15 heavy (non-hydrogen) atoms. The van der Waals surface area contributed by atoms with Crippen LogP contribution in [-0.2, 0) is 4.79 Å². The summed E-state index contributed by atoms with van der Waals surface area (Å²) in [6.07, 6.45) is 2.28. The van der Waals surface area contributed by atoms with Gasteiger partial charge in [0.05, 0.1) is 0 Å². The average Bonchev–Trinajstić information content (AvgIpc) is 2.18. The molecule has 3 nitrogen and oxygen atoms in total. The fourth-order valence-electron chi connectivity index (χ4n) is 2.30. The molecule has 0 saturated carbocycles. The highest BCUT2D eigenvalue weighted by atomic mass is 16.2. The van der Waals surface area contributed by atoms with Gasteiger partial charge in [0.2, 0.25) is 5.91 Å². The van der Waals surface area contributed by atoms with Crippen LogP contribution in [0.5, 0.6) is 0 Å². The van der Waals surface area contributed by atoms with Crippen molar-refractivity contribution in [2.75, 3.05) is 26.7 Å². The topological polar surface area (TPSA) is 32.3 Å². The van der Waals surface area contributed by atoms with Crippen LogP contribution in [0, 0.1) is 11.3 Å². The second kappa shape index (κ2) is 4.97. The van der Waals surface area contributed by atoms with Gasteiger partial charge in [0.25, 0.3) is 0 Å². The first-order valence-electron chi connectivity index (χ1n) is 5.95. The average molecular weight is 212 g/mol. The highest BCUT2D eigenvalue weighted by molar-refractivity contribution is 5.82. The lowest BCUT2D eigenvalue weighted by Gasteiger charge is -2.38. The summed E-state index contributed by atoms with van der Waals surface area (Å²) in [5.41, 5.74) is -0.211. The van der Waals surface area contributed by atoms with Gasteiger partial charge in [0.15, 0.2) is 0 Å². The van der Waals surface area contributed by atoms with Gasteiger partial charge < -0.3 is 10.2 Å². The highest BCUT2D eigenvalue weighted by Gasteiger charge is 2.37. The molecule has 1 N–H and O–H groups in total. The van der Waals surface area contributed by atoms with Crippen molar-refractivity contribution in [3.8, 4) is 0 Å². The first-order valence-corrected chi connectivity index (χ1v) is 5.95. The Kier molecular flexibility index (Phi) is 4.14. The molecule has 0 aliphatic carbocycles. The van der Waals surface area contributed by atoms with Gasteiger partial charge in [-0.15, -0.1) is 0 Å². The molecule has 0 unspecified atom stereocenters. The van der Waals surface area contributed by atoms with E-state index in [4.69, 9.17) is 0 Å². The predicted molar refractivity (Wildman–Crippen MR) is 62.7 cm³/mol. The summed E-state index contributed by atoms with van der Waals surface area (Å²) in [5, 5.41) is 2.94. The van der Waals surface area contributed by atoms with Crippen LogP contribution in [-0.4, -0.2) is 37.5 Å². The van der Waals surface area contributed by atoms with E-state index < -0.39 is 0 Å². The molecule has 1 saturated heterocycles. The first-order chi connectivity index (χ1) is 6.98. The number of carbonyl (C=O) groups is 1. The summed E-state index contributed by atoms with van der Waals surface area (Å²) in [5.74, 6) is 0.736. The Morgan fingerprint density at radius 3 is 2.40 bits per heavy atom. The summed E-state index contributed by atoms with van der Waals surface area (Å²) >= 11 is 0. The normalized spacial score (nSPS) is 20.3. The molecule has 0 aromatic heterocycles. The number of hydrogen-bond donors (Lipinski definition) is 1. The zero-order valence-corrected chi connectivity index (χ0v) is 10.5. The van der Waals surface area contributed by atoms with E-state index >= 15 is 0 Å². The van der Waals surface area contributed by atoms with Crippen LogP contribution in [0.25, 0.3) is 0 Å². The Balaban J connectivity index is 2.56. The quantitative estimate of drug-likeness (QED) is 0.768. The molecule has 1 aliphatic rings. The van der Waals surface area contributed by atoms with Gasteiger partial charge in [-0.05, 0) is 45.8 Å². The summed E-state index contributed by atoms with van der Waals surface area (Å²) in [4.78, 5) is 14.3. The van der Waals surface area contributed by atoms with Crippen molar-refractivity contribution >= 4 is 5.91 Å². The largest absolute Gasteiger partial charge is 0.356 e.